The highest BCUT2D eigenvalue weighted by atomic mass is 16.3. The molecule has 0 radical (unpaired) electrons. The summed E-state index contributed by atoms with van der Waals surface area (Å²) < 4.78 is 6.51. The maximum atomic E-state index is 6.51. The first-order chi connectivity index (χ1) is 31.8. The van der Waals surface area contributed by atoms with Gasteiger partial charge in [0.25, 0.3) is 0 Å². The normalized spacial score (nSPS) is 13.1. The van der Waals surface area contributed by atoms with E-state index < -0.39 is 5.41 Å². The standard InChI is InChI=1S/C61H40N2O/c1-3-17-41(18-4-1)42-33-37-45(38-34-42)62(46-39-35-43(36-40-46)47-23-15-24-49-48-21-8-14-32-58(48)64-60(47)49)57-31-16-28-54-59(57)50-22-7-9-25-51(50)61(54)52-26-10-12-29-55(52)63(44-19-5-2-6-20-44)56-30-13-11-27-53(56)61/h1-40H. The van der Waals surface area contributed by atoms with Crippen LogP contribution in [0.1, 0.15) is 22.3 Å². The van der Waals surface area contributed by atoms with Crippen LogP contribution in [0.2, 0.25) is 0 Å². The molecule has 11 aromatic rings. The van der Waals surface area contributed by atoms with Crippen molar-refractivity contribution in [3.63, 3.8) is 0 Å². The van der Waals surface area contributed by atoms with E-state index in [0.717, 1.165) is 55.8 Å². The van der Waals surface area contributed by atoms with Gasteiger partial charge in [-0.1, -0.05) is 182 Å². The number of benzene rings is 10. The van der Waals surface area contributed by atoms with Gasteiger partial charge in [-0.3, -0.25) is 0 Å². The van der Waals surface area contributed by atoms with Gasteiger partial charge < -0.3 is 14.2 Å². The van der Waals surface area contributed by atoms with E-state index in [2.05, 4.69) is 240 Å². The van der Waals surface area contributed by atoms with Crippen LogP contribution in [-0.4, -0.2) is 0 Å². The minimum Gasteiger partial charge on any atom is -0.455 e. The molecule has 0 fully saturated rings. The molecule has 2 aliphatic rings. The molecule has 10 aromatic carbocycles. The lowest BCUT2D eigenvalue weighted by Gasteiger charge is -2.45. The van der Waals surface area contributed by atoms with E-state index in [1.807, 2.05) is 12.1 Å². The zero-order valence-corrected chi connectivity index (χ0v) is 34.9. The largest absolute Gasteiger partial charge is 0.455 e. The Morgan fingerprint density at radius 1 is 0.359 bits per heavy atom. The summed E-state index contributed by atoms with van der Waals surface area (Å²) in [5.41, 5.74) is 20.2. The maximum absolute atomic E-state index is 6.51. The molecule has 1 aliphatic carbocycles. The number of para-hydroxylation sites is 5. The number of fused-ring (bicyclic) bond motifs is 12. The molecule has 0 bridgehead atoms. The molecule has 13 rings (SSSR count). The van der Waals surface area contributed by atoms with Crippen LogP contribution < -0.4 is 9.80 Å². The summed E-state index contributed by atoms with van der Waals surface area (Å²) in [5.74, 6) is 0. The fourth-order valence-corrected chi connectivity index (χ4v) is 10.8. The van der Waals surface area contributed by atoms with Crippen molar-refractivity contribution in [3.05, 3.63) is 265 Å². The average Bonchev–Trinajstić information content (AvgIpc) is 3.90. The first kappa shape index (κ1) is 36.3. The molecule has 1 spiro atoms. The molecule has 0 saturated carbocycles. The molecule has 0 saturated heterocycles. The number of nitrogens with zero attached hydrogens (tertiary/aromatic N) is 2. The monoisotopic (exact) mass is 816 g/mol. The SMILES string of the molecule is c1ccc(-c2ccc(N(c3ccc(-c4cccc5c4oc4ccccc45)cc3)c3cccc4c3-c3ccccc3C43c4ccccc4N(c4ccccc4)c4ccccc43)cc2)cc1. The van der Waals surface area contributed by atoms with Gasteiger partial charge in [-0.15, -0.1) is 0 Å². The first-order valence-corrected chi connectivity index (χ1v) is 22.0. The summed E-state index contributed by atoms with van der Waals surface area (Å²) in [6.07, 6.45) is 0. The van der Waals surface area contributed by atoms with E-state index in [4.69, 9.17) is 4.42 Å². The molecular formula is C61H40N2O. The number of furan rings is 1. The molecule has 0 amide bonds. The van der Waals surface area contributed by atoms with Crippen molar-refractivity contribution in [3.8, 4) is 33.4 Å². The molecular weight excluding hydrogens is 777 g/mol. The molecule has 0 N–H and O–H groups in total. The van der Waals surface area contributed by atoms with Crippen LogP contribution in [0, 0.1) is 0 Å². The predicted octanol–water partition coefficient (Wildman–Crippen LogP) is 16.5. The summed E-state index contributed by atoms with van der Waals surface area (Å²) in [4.78, 5) is 4.89. The van der Waals surface area contributed by atoms with Crippen molar-refractivity contribution in [2.45, 2.75) is 5.41 Å². The van der Waals surface area contributed by atoms with Crippen LogP contribution in [0.3, 0.4) is 0 Å². The molecule has 1 aliphatic heterocycles. The molecule has 300 valence electrons. The van der Waals surface area contributed by atoms with Crippen molar-refractivity contribution < 1.29 is 4.42 Å². The van der Waals surface area contributed by atoms with Gasteiger partial charge in [-0.2, -0.15) is 0 Å². The number of hydrogen-bond donors (Lipinski definition) is 0. The highest BCUT2D eigenvalue weighted by molar-refractivity contribution is 6.09. The van der Waals surface area contributed by atoms with Crippen molar-refractivity contribution >= 4 is 56.1 Å². The Labute approximate surface area is 372 Å². The molecule has 64 heavy (non-hydrogen) atoms. The molecule has 3 nitrogen and oxygen atoms in total. The Morgan fingerprint density at radius 3 is 1.59 bits per heavy atom. The van der Waals surface area contributed by atoms with Gasteiger partial charge in [-0.25, -0.2) is 0 Å². The second kappa shape index (κ2) is 14.3. The molecule has 0 unspecified atom stereocenters. The summed E-state index contributed by atoms with van der Waals surface area (Å²) >= 11 is 0. The minimum absolute atomic E-state index is 0.571. The van der Waals surface area contributed by atoms with Gasteiger partial charge in [0, 0.05) is 39.0 Å². The third kappa shape index (κ3) is 5.28. The van der Waals surface area contributed by atoms with E-state index in [-0.39, 0.29) is 0 Å². The van der Waals surface area contributed by atoms with Crippen LogP contribution in [0.25, 0.3) is 55.3 Å². The Bertz CT molecular complexity index is 3510. The topological polar surface area (TPSA) is 19.6 Å². The van der Waals surface area contributed by atoms with E-state index in [0.29, 0.717) is 0 Å². The summed E-state index contributed by atoms with van der Waals surface area (Å²) in [5, 5.41) is 2.26. The van der Waals surface area contributed by atoms with Gasteiger partial charge in [0.1, 0.15) is 11.2 Å². The lowest BCUT2D eigenvalue weighted by atomic mass is 9.64. The van der Waals surface area contributed by atoms with Crippen LogP contribution in [-0.2, 0) is 5.41 Å². The van der Waals surface area contributed by atoms with Crippen LogP contribution >= 0.6 is 0 Å². The smallest absolute Gasteiger partial charge is 0.143 e. The van der Waals surface area contributed by atoms with Gasteiger partial charge in [0.2, 0.25) is 0 Å². The van der Waals surface area contributed by atoms with Gasteiger partial charge >= 0.3 is 0 Å². The Balaban J connectivity index is 1.04. The van der Waals surface area contributed by atoms with Crippen LogP contribution in [0.5, 0.6) is 0 Å². The quantitative estimate of drug-likeness (QED) is 0.167. The predicted molar refractivity (Wildman–Crippen MR) is 265 cm³/mol. The molecule has 1 aromatic heterocycles. The summed E-state index contributed by atoms with van der Waals surface area (Å²) in [7, 11) is 0. The van der Waals surface area contributed by atoms with Gasteiger partial charge in [0.05, 0.1) is 22.5 Å². The minimum atomic E-state index is -0.571. The van der Waals surface area contributed by atoms with Crippen molar-refractivity contribution in [1.29, 1.82) is 0 Å². The second-order valence-electron chi connectivity index (χ2n) is 16.8. The number of hydrogen-bond acceptors (Lipinski definition) is 3. The zero-order chi connectivity index (χ0) is 42.2. The van der Waals surface area contributed by atoms with Crippen molar-refractivity contribution in [1.82, 2.24) is 0 Å². The fourth-order valence-electron chi connectivity index (χ4n) is 10.8. The van der Waals surface area contributed by atoms with Crippen molar-refractivity contribution in [2.75, 3.05) is 9.80 Å². The van der Waals surface area contributed by atoms with E-state index in [1.54, 1.807) is 0 Å². The number of anilines is 6. The zero-order valence-electron chi connectivity index (χ0n) is 34.9. The Morgan fingerprint density at radius 2 is 0.875 bits per heavy atom. The highest BCUT2D eigenvalue weighted by Gasteiger charge is 2.52. The Kier molecular flexibility index (Phi) is 8.13. The summed E-state index contributed by atoms with van der Waals surface area (Å²) in [6.45, 7) is 0. The van der Waals surface area contributed by atoms with E-state index in [9.17, 15) is 0 Å². The molecule has 0 atom stereocenters. The average molecular weight is 817 g/mol. The van der Waals surface area contributed by atoms with Crippen LogP contribution in [0.15, 0.2) is 247 Å². The van der Waals surface area contributed by atoms with Crippen molar-refractivity contribution in [2.24, 2.45) is 0 Å². The fraction of sp³-hybridized carbons (Fsp3) is 0.0164. The molecule has 3 heteroatoms. The van der Waals surface area contributed by atoms with Crippen LogP contribution in [0.4, 0.5) is 34.1 Å². The summed E-state index contributed by atoms with van der Waals surface area (Å²) in [6, 6.07) is 88.3. The van der Waals surface area contributed by atoms with E-state index in [1.165, 1.54) is 55.9 Å². The lowest BCUT2D eigenvalue weighted by molar-refractivity contribution is 0.670. The number of rotatable bonds is 6. The second-order valence-corrected chi connectivity index (χ2v) is 16.8. The third-order valence-corrected chi connectivity index (χ3v) is 13.5. The third-order valence-electron chi connectivity index (χ3n) is 13.5. The lowest BCUT2D eigenvalue weighted by Crippen LogP contribution is -2.36. The van der Waals surface area contributed by atoms with Gasteiger partial charge in [-0.05, 0) is 105 Å². The maximum Gasteiger partial charge on any atom is 0.143 e. The molecule has 2 heterocycles. The highest BCUT2D eigenvalue weighted by Crippen LogP contribution is 2.65. The first-order valence-electron chi connectivity index (χ1n) is 22.0. The van der Waals surface area contributed by atoms with E-state index >= 15 is 0 Å². The van der Waals surface area contributed by atoms with Gasteiger partial charge in [0.15, 0.2) is 0 Å². The Hall–Kier alpha value is -8.40.